The summed E-state index contributed by atoms with van der Waals surface area (Å²) in [6.45, 7) is 10.4. The van der Waals surface area contributed by atoms with Crippen LogP contribution in [0, 0.1) is 0 Å². The predicted octanol–water partition coefficient (Wildman–Crippen LogP) is 5.80. The Morgan fingerprint density at radius 3 is 2.42 bits per heavy atom. The fraction of sp³-hybridized carbons (Fsp3) is 0.310. The topological polar surface area (TPSA) is 80.1 Å². The van der Waals surface area contributed by atoms with Gasteiger partial charge < -0.3 is 5.32 Å². The SMILES string of the molecule is CCN(CC)Cc1cc(Cl)cc(-c2cnc3nc(-c4cccc(Cl)c4)n(CC(=O)NC(C)C)c(=O)c3c2)c1. The number of amides is 1. The molecular formula is C29H31Cl2N5O2. The number of aromatic nitrogens is 3. The Bertz CT molecular complexity index is 1530. The van der Waals surface area contributed by atoms with Gasteiger partial charge in [-0.1, -0.05) is 49.2 Å². The molecule has 1 N–H and O–H groups in total. The molecule has 0 saturated heterocycles. The Morgan fingerprint density at radius 2 is 1.74 bits per heavy atom. The minimum Gasteiger partial charge on any atom is -0.352 e. The first-order valence-electron chi connectivity index (χ1n) is 12.7. The average Bonchev–Trinajstić information content (AvgIpc) is 2.87. The van der Waals surface area contributed by atoms with E-state index in [1.807, 2.05) is 26.0 Å². The molecule has 2 heterocycles. The highest BCUT2D eigenvalue weighted by molar-refractivity contribution is 6.31. The van der Waals surface area contributed by atoms with Gasteiger partial charge in [-0.3, -0.25) is 19.1 Å². The van der Waals surface area contributed by atoms with Crippen LogP contribution in [0.3, 0.4) is 0 Å². The lowest BCUT2D eigenvalue weighted by Crippen LogP contribution is -2.37. The molecule has 0 fully saturated rings. The smallest absolute Gasteiger partial charge is 0.263 e. The van der Waals surface area contributed by atoms with Gasteiger partial charge in [-0.25, -0.2) is 9.97 Å². The molecule has 4 rings (SSSR count). The third-order valence-electron chi connectivity index (χ3n) is 6.24. The summed E-state index contributed by atoms with van der Waals surface area (Å²) in [5.41, 5.74) is 3.23. The highest BCUT2D eigenvalue weighted by atomic mass is 35.5. The van der Waals surface area contributed by atoms with Crippen molar-refractivity contribution in [2.45, 2.75) is 46.8 Å². The number of nitrogens with one attached hydrogen (secondary N) is 1. The summed E-state index contributed by atoms with van der Waals surface area (Å²) >= 11 is 12.7. The molecule has 0 aliphatic carbocycles. The monoisotopic (exact) mass is 551 g/mol. The Balaban J connectivity index is 1.85. The molecule has 0 bridgehead atoms. The van der Waals surface area contributed by atoms with E-state index in [4.69, 9.17) is 28.2 Å². The number of halogens is 2. The second kappa shape index (κ2) is 12.1. The van der Waals surface area contributed by atoms with Crippen LogP contribution in [0.25, 0.3) is 33.5 Å². The summed E-state index contributed by atoms with van der Waals surface area (Å²) in [5.74, 6) is 0.0416. The molecule has 0 unspecified atom stereocenters. The van der Waals surface area contributed by atoms with Crippen LogP contribution in [0.1, 0.15) is 33.3 Å². The standard InChI is InChI=1S/C29H31Cl2N5O2/c1-5-35(6-2)16-19-10-21(13-24(31)11-19)22-14-25-27(32-15-22)34-28(20-8-7-9-23(30)12-20)36(29(25)38)17-26(37)33-18(3)4/h7-15,18H,5-6,16-17H2,1-4H3,(H,33,37). The van der Waals surface area contributed by atoms with E-state index in [1.54, 1.807) is 36.5 Å². The maximum Gasteiger partial charge on any atom is 0.263 e. The van der Waals surface area contributed by atoms with Gasteiger partial charge in [-0.2, -0.15) is 0 Å². The third-order valence-corrected chi connectivity index (χ3v) is 6.69. The van der Waals surface area contributed by atoms with Crippen LogP contribution in [0.5, 0.6) is 0 Å². The van der Waals surface area contributed by atoms with Gasteiger partial charge in [-0.15, -0.1) is 0 Å². The molecule has 38 heavy (non-hydrogen) atoms. The molecule has 198 valence electrons. The minimum atomic E-state index is -0.358. The lowest BCUT2D eigenvalue weighted by Gasteiger charge is -2.19. The highest BCUT2D eigenvalue weighted by Crippen LogP contribution is 2.28. The highest BCUT2D eigenvalue weighted by Gasteiger charge is 2.18. The van der Waals surface area contributed by atoms with Gasteiger partial charge in [0, 0.05) is 40.0 Å². The number of nitrogens with zero attached hydrogens (tertiary/aromatic N) is 4. The summed E-state index contributed by atoms with van der Waals surface area (Å²) in [6.07, 6.45) is 1.69. The fourth-order valence-electron chi connectivity index (χ4n) is 4.38. The van der Waals surface area contributed by atoms with Gasteiger partial charge in [0.05, 0.1) is 5.39 Å². The van der Waals surface area contributed by atoms with Crippen molar-refractivity contribution in [3.05, 3.63) is 80.7 Å². The van der Waals surface area contributed by atoms with Crippen molar-refractivity contribution >= 4 is 40.1 Å². The molecular weight excluding hydrogens is 521 g/mol. The van der Waals surface area contributed by atoms with E-state index in [9.17, 15) is 9.59 Å². The zero-order chi connectivity index (χ0) is 27.4. The number of pyridine rings is 1. The van der Waals surface area contributed by atoms with E-state index in [2.05, 4.69) is 35.1 Å². The van der Waals surface area contributed by atoms with Gasteiger partial charge in [0.25, 0.3) is 5.56 Å². The average molecular weight is 553 g/mol. The van der Waals surface area contributed by atoms with Crippen LogP contribution >= 0.6 is 23.2 Å². The van der Waals surface area contributed by atoms with Gasteiger partial charge in [0.1, 0.15) is 12.4 Å². The van der Waals surface area contributed by atoms with Gasteiger partial charge in [0.15, 0.2) is 5.65 Å². The second-order valence-corrected chi connectivity index (χ2v) is 10.3. The Hall–Kier alpha value is -3.26. The van der Waals surface area contributed by atoms with Crippen molar-refractivity contribution in [3.63, 3.8) is 0 Å². The van der Waals surface area contributed by atoms with Crippen LogP contribution < -0.4 is 10.9 Å². The number of fused-ring (bicyclic) bond motifs is 1. The van der Waals surface area contributed by atoms with Crippen LogP contribution in [-0.2, 0) is 17.9 Å². The summed E-state index contributed by atoms with van der Waals surface area (Å²) in [5, 5.41) is 4.27. The van der Waals surface area contributed by atoms with Crippen molar-refractivity contribution < 1.29 is 4.79 Å². The largest absolute Gasteiger partial charge is 0.352 e. The first-order valence-corrected chi connectivity index (χ1v) is 13.4. The lowest BCUT2D eigenvalue weighted by molar-refractivity contribution is -0.122. The first-order chi connectivity index (χ1) is 18.2. The third kappa shape index (κ3) is 6.41. The summed E-state index contributed by atoms with van der Waals surface area (Å²) in [4.78, 5) is 38.0. The maximum absolute atomic E-state index is 13.8. The molecule has 2 aromatic heterocycles. The Labute approximate surface area is 232 Å². The number of carbonyl (C=O) groups is 1. The summed E-state index contributed by atoms with van der Waals surface area (Å²) in [6, 6.07) is 14.6. The fourth-order valence-corrected chi connectivity index (χ4v) is 4.83. The zero-order valence-corrected chi connectivity index (χ0v) is 23.5. The molecule has 2 aromatic carbocycles. The zero-order valence-electron chi connectivity index (χ0n) is 22.0. The van der Waals surface area contributed by atoms with Crippen LogP contribution in [0.15, 0.2) is 59.5 Å². The van der Waals surface area contributed by atoms with E-state index >= 15 is 0 Å². The van der Waals surface area contributed by atoms with Crippen molar-refractivity contribution in [3.8, 4) is 22.5 Å². The molecule has 4 aromatic rings. The number of hydrogen-bond donors (Lipinski definition) is 1. The summed E-state index contributed by atoms with van der Waals surface area (Å²) < 4.78 is 1.38. The van der Waals surface area contributed by atoms with Crippen molar-refractivity contribution in [1.82, 2.24) is 24.8 Å². The van der Waals surface area contributed by atoms with Crippen molar-refractivity contribution in [2.75, 3.05) is 13.1 Å². The van der Waals surface area contributed by atoms with Gasteiger partial charge in [-0.05, 0) is 74.5 Å². The Kier molecular flexibility index (Phi) is 8.82. The number of benzene rings is 2. The van der Waals surface area contributed by atoms with Crippen molar-refractivity contribution in [2.24, 2.45) is 0 Å². The van der Waals surface area contributed by atoms with Crippen molar-refractivity contribution in [1.29, 1.82) is 0 Å². The van der Waals surface area contributed by atoms with E-state index in [1.165, 1.54) is 4.57 Å². The molecule has 9 heteroatoms. The second-order valence-electron chi connectivity index (χ2n) is 9.46. The summed E-state index contributed by atoms with van der Waals surface area (Å²) in [7, 11) is 0. The lowest BCUT2D eigenvalue weighted by atomic mass is 10.0. The van der Waals surface area contributed by atoms with Crippen LogP contribution in [0.2, 0.25) is 10.0 Å². The van der Waals surface area contributed by atoms with E-state index in [0.29, 0.717) is 32.5 Å². The molecule has 0 atom stereocenters. The molecule has 0 spiro atoms. The number of carbonyl (C=O) groups excluding carboxylic acids is 1. The van der Waals surface area contributed by atoms with E-state index < -0.39 is 0 Å². The van der Waals surface area contributed by atoms with E-state index in [0.717, 1.165) is 36.3 Å². The first kappa shape index (κ1) is 27.8. The van der Waals surface area contributed by atoms with Gasteiger partial charge >= 0.3 is 0 Å². The normalized spacial score (nSPS) is 11.5. The number of hydrogen-bond acceptors (Lipinski definition) is 5. The van der Waals surface area contributed by atoms with Gasteiger partial charge in [0.2, 0.25) is 5.91 Å². The van der Waals surface area contributed by atoms with E-state index in [-0.39, 0.29) is 24.1 Å². The van der Waals surface area contributed by atoms with Crippen LogP contribution in [-0.4, -0.2) is 44.5 Å². The minimum absolute atomic E-state index is 0.0668. The maximum atomic E-state index is 13.8. The van der Waals surface area contributed by atoms with Crippen LogP contribution in [0.4, 0.5) is 0 Å². The predicted molar refractivity (Wildman–Crippen MR) is 155 cm³/mol. The molecule has 0 radical (unpaired) electrons. The molecule has 1 amide bonds. The molecule has 7 nitrogen and oxygen atoms in total. The Morgan fingerprint density at radius 1 is 1.00 bits per heavy atom. The molecule has 0 saturated carbocycles. The molecule has 0 aliphatic heterocycles. The number of rotatable bonds is 9. The quantitative estimate of drug-likeness (QED) is 0.284. The molecule has 0 aliphatic rings.